The van der Waals surface area contributed by atoms with Crippen molar-refractivity contribution < 1.29 is 5.11 Å². The molecule has 1 rings (SSSR count). The molecule has 1 aromatic heterocycles. The second-order valence-electron chi connectivity index (χ2n) is 2.25. The van der Waals surface area contributed by atoms with Crippen LogP contribution in [0, 0.1) is 0 Å². The molecule has 0 bridgehead atoms. The molecule has 0 spiro atoms. The summed E-state index contributed by atoms with van der Waals surface area (Å²) in [6.07, 6.45) is 5.28. The minimum atomic E-state index is 0.212. The van der Waals surface area contributed by atoms with Crippen LogP contribution >= 0.6 is 0 Å². The van der Waals surface area contributed by atoms with E-state index in [0.717, 1.165) is 10.6 Å². The molecule has 2 heteroatoms. The van der Waals surface area contributed by atoms with Crippen molar-refractivity contribution >= 4 is 12.2 Å². The van der Waals surface area contributed by atoms with Crippen LogP contribution in [0.2, 0.25) is 0 Å². The van der Waals surface area contributed by atoms with E-state index in [9.17, 15) is 0 Å². The van der Waals surface area contributed by atoms with Gasteiger partial charge in [0.25, 0.3) is 0 Å². The molecule has 0 aliphatic rings. The molecule has 0 atom stereocenters. The Morgan fingerprint density at radius 3 is 2.64 bits per heavy atom. The van der Waals surface area contributed by atoms with Crippen LogP contribution in [0.3, 0.4) is 0 Å². The van der Waals surface area contributed by atoms with Crippen LogP contribution in [-0.4, -0.2) is 10.1 Å². The highest BCUT2D eigenvalue weighted by Crippen LogP contribution is 1.95. The molecule has 11 heavy (non-hydrogen) atoms. The Morgan fingerprint density at radius 2 is 2.09 bits per heavy atom. The summed E-state index contributed by atoms with van der Waals surface area (Å²) >= 11 is 0. The van der Waals surface area contributed by atoms with E-state index in [1.165, 1.54) is 6.20 Å². The number of nitrogens with zero attached hydrogens (tertiary/aromatic N) is 1. The lowest BCUT2D eigenvalue weighted by atomic mass is 10.3. The van der Waals surface area contributed by atoms with Gasteiger partial charge in [0.15, 0.2) is 0 Å². The number of pyridine rings is 1. The fourth-order valence-corrected chi connectivity index (χ4v) is 0.953. The van der Waals surface area contributed by atoms with Gasteiger partial charge in [-0.1, -0.05) is 12.2 Å². The second-order valence-corrected chi connectivity index (χ2v) is 2.25. The first kappa shape index (κ1) is 7.79. The third kappa shape index (κ3) is 1.58. The molecule has 2 nitrogen and oxygen atoms in total. The molecule has 1 N–H and O–H groups in total. The van der Waals surface area contributed by atoms with Gasteiger partial charge < -0.3 is 5.11 Å². The van der Waals surface area contributed by atoms with E-state index in [0.29, 0.717) is 0 Å². The van der Waals surface area contributed by atoms with Gasteiger partial charge in [0.05, 0.1) is 11.5 Å². The highest BCUT2D eigenvalue weighted by atomic mass is 16.3. The number of aromatic hydroxyl groups is 1. The molecule has 1 aromatic rings. The summed E-state index contributed by atoms with van der Waals surface area (Å²) in [5.41, 5.74) is 0. The third-order valence-corrected chi connectivity index (χ3v) is 1.52. The van der Waals surface area contributed by atoms with Gasteiger partial charge in [0.1, 0.15) is 5.75 Å². The topological polar surface area (TPSA) is 33.1 Å². The van der Waals surface area contributed by atoms with E-state index >= 15 is 0 Å². The van der Waals surface area contributed by atoms with Crippen LogP contribution in [0.5, 0.6) is 5.75 Å². The van der Waals surface area contributed by atoms with E-state index in [2.05, 4.69) is 4.98 Å². The minimum absolute atomic E-state index is 0.212. The number of hydrogen-bond donors (Lipinski definition) is 1. The Balaban J connectivity index is 3.55. The number of hydrogen-bond acceptors (Lipinski definition) is 2. The van der Waals surface area contributed by atoms with Crippen molar-refractivity contribution in [2.75, 3.05) is 0 Å². The molecule has 0 aliphatic heterocycles. The molecule has 0 saturated carbocycles. The van der Waals surface area contributed by atoms with E-state index < -0.39 is 0 Å². The van der Waals surface area contributed by atoms with Crippen molar-refractivity contribution in [1.29, 1.82) is 0 Å². The summed E-state index contributed by atoms with van der Waals surface area (Å²) in [5, 5.41) is 10.9. The largest absolute Gasteiger partial charge is 0.506 e. The van der Waals surface area contributed by atoms with Crippen molar-refractivity contribution in [2.45, 2.75) is 13.8 Å². The van der Waals surface area contributed by atoms with Crippen LogP contribution in [0.1, 0.15) is 13.8 Å². The number of rotatable bonds is 0. The molecule has 0 saturated heterocycles. The standard InChI is InChI=1S/C9H11NO/c1-3-7-5-8(11)6-10-9(7)4-2/h3-6,11H,1-2H3/b7-3-,9-4+. The SMILES string of the molecule is C/C=c1/cc(O)cn/c1=C/C. The maximum Gasteiger partial charge on any atom is 0.134 e. The van der Waals surface area contributed by atoms with Crippen molar-refractivity contribution in [3.05, 3.63) is 22.8 Å². The average molecular weight is 149 g/mol. The molecule has 0 amide bonds. The Kier molecular flexibility index (Phi) is 2.26. The summed E-state index contributed by atoms with van der Waals surface area (Å²) < 4.78 is 0. The smallest absolute Gasteiger partial charge is 0.134 e. The van der Waals surface area contributed by atoms with Crippen molar-refractivity contribution in [3.8, 4) is 5.75 Å². The molecule has 1 heterocycles. The average Bonchev–Trinajstić information content (AvgIpc) is 2.04. The van der Waals surface area contributed by atoms with Gasteiger partial charge in [0.2, 0.25) is 0 Å². The molecule has 58 valence electrons. The fourth-order valence-electron chi connectivity index (χ4n) is 0.953. The summed E-state index contributed by atoms with van der Waals surface area (Å²) in [5.74, 6) is 0.212. The zero-order valence-electron chi connectivity index (χ0n) is 6.70. The lowest BCUT2D eigenvalue weighted by Crippen LogP contribution is -2.26. The third-order valence-electron chi connectivity index (χ3n) is 1.52. The zero-order chi connectivity index (χ0) is 8.27. The zero-order valence-corrected chi connectivity index (χ0v) is 6.70. The van der Waals surface area contributed by atoms with Gasteiger partial charge in [-0.05, 0) is 25.1 Å². The van der Waals surface area contributed by atoms with Gasteiger partial charge in [0, 0.05) is 0 Å². The summed E-state index contributed by atoms with van der Waals surface area (Å²) in [6, 6.07) is 1.70. The maximum absolute atomic E-state index is 9.07. The van der Waals surface area contributed by atoms with Crippen LogP contribution in [0.15, 0.2) is 12.3 Å². The normalized spacial score (nSPS) is 14.0. The van der Waals surface area contributed by atoms with Gasteiger partial charge in [-0.15, -0.1) is 0 Å². The Labute approximate surface area is 65.5 Å². The van der Waals surface area contributed by atoms with Crippen LogP contribution < -0.4 is 10.6 Å². The minimum Gasteiger partial charge on any atom is -0.506 e. The van der Waals surface area contributed by atoms with E-state index in [1.807, 2.05) is 26.0 Å². The summed E-state index contributed by atoms with van der Waals surface area (Å²) in [4.78, 5) is 4.03. The first-order chi connectivity index (χ1) is 5.27. The monoisotopic (exact) mass is 149 g/mol. The Hall–Kier alpha value is -1.31. The quantitative estimate of drug-likeness (QED) is 0.578. The maximum atomic E-state index is 9.07. The van der Waals surface area contributed by atoms with Crippen molar-refractivity contribution in [3.63, 3.8) is 0 Å². The highest BCUT2D eigenvalue weighted by Gasteiger charge is 1.87. The van der Waals surface area contributed by atoms with Crippen LogP contribution in [0.25, 0.3) is 12.2 Å². The van der Waals surface area contributed by atoms with E-state index in [1.54, 1.807) is 6.07 Å². The number of aromatic nitrogens is 1. The molecular formula is C9H11NO. The summed E-state index contributed by atoms with van der Waals surface area (Å²) in [7, 11) is 0. The van der Waals surface area contributed by atoms with Gasteiger partial charge in [-0.3, -0.25) is 4.98 Å². The fraction of sp³-hybridized carbons (Fsp3) is 0.222. The predicted molar refractivity (Wildman–Crippen MR) is 45.4 cm³/mol. The van der Waals surface area contributed by atoms with Gasteiger partial charge in [-0.25, -0.2) is 0 Å². The second kappa shape index (κ2) is 3.19. The predicted octanol–water partition coefficient (Wildman–Crippen LogP) is 0.388. The molecule has 0 aliphatic carbocycles. The Bertz CT molecular complexity index is 354. The lowest BCUT2D eigenvalue weighted by molar-refractivity contribution is 0.471. The first-order valence-corrected chi connectivity index (χ1v) is 3.55. The van der Waals surface area contributed by atoms with Crippen molar-refractivity contribution in [2.24, 2.45) is 0 Å². The van der Waals surface area contributed by atoms with Gasteiger partial charge >= 0.3 is 0 Å². The van der Waals surface area contributed by atoms with Crippen molar-refractivity contribution in [1.82, 2.24) is 4.98 Å². The Morgan fingerprint density at radius 1 is 1.36 bits per heavy atom. The van der Waals surface area contributed by atoms with Crippen LogP contribution in [-0.2, 0) is 0 Å². The van der Waals surface area contributed by atoms with E-state index in [4.69, 9.17) is 5.11 Å². The summed E-state index contributed by atoms with van der Waals surface area (Å²) in [6.45, 7) is 3.84. The van der Waals surface area contributed by atoms with E-state index in [-0.39, 0.29) is 5.75 Å². The molecule has 0 unspecified atom stereocenters. The lowest BCUT2D eigenvalue weighted by Gasteiger charge is -1.90. The van der Waals surface area contributed by atoms with Crippen LogP contribution in [0.4, 0.5) is 0 Å². The molecule has 0 radical (unpaired) electrons. The van der Waals surface area contributed by atoms with Gasteiger partial charge in [-0.2, -0.15) is 0 Å². The molecular weight excluding hydrogens is 138 g/mol. The molecule has 0 aromatic carbocycles. The molecule has 0 fully saturated rings. The highest BCUT2D eigenvalue weighted by molar-refractivity contribution is 5.29. The first-order valence-electron chi connectivity index (χ1n) is 3.55.